The Morgan fingerprint density at radius 2 is 2.00 bits per heavy atom. The van der Waals surface area contributed by atoms with Crippen LogP contribution in [-0.4, -0.2) is 7.11 Å². The molecule has 2 rings (SSSR count). The fourth-order valence-corrected chi connectivity index (χ4v) is 2.06. The third kappa shape index (κ3) is 3.49. The van der Waals surface area contributed by atoms with E-state index in [2.05, 4.69) is 15.9 Å². The zero-order chi connectivity index (χ0) is 14.5. The minimum atomic E-state index is -0.347. The Hall–Kier alpha value is -1.59. The topological polar surface area (TPSA) is 44.5 Å². The van der Waals surface area contributed by atoms with Gasteiger partial charge in [-0.05, 0) is 45.8 Å². The number of ether oxygens (including phenoxy) is 2. The zero-order valence-electron chi connectivity index (χ0n) is 11.0. The number of halogens is 2. The summed E-state index contributed by atoms with van der Waals surface area (Å²) in [6.07, 6.45) is 0. The van der Waals surface area contributed by atoms with E-state index in [1.807, 2.05) is 18.2 Å². The number of rotatable bonds is 5. The van der Waals surface area contributed by atoms with Gasteiger partial charge < -0.3 is 15.2 Å². The molecule has 5 heteroatoms. The summed E-state index contributed by atoms with van der Waals surface area (Å²) in [6, 6.07) is 10.3. The molecule has 0 saturated carbocycles. The van der Waals surface area contributed by atoms with Gasteiger partial charge in [-0.1, -0.05) is 6.07 Å². The van der Waals surface area contributed by atoms with E-state index in [1.54, 1.807) is 19.2 Å². The van der Waals surface area contributed by atoms with Crippen LogP contribution >= 0.6 is 15.9 Å². The van der Waals surface area contributed by atoms with Gasteiger partial charge >= 0.3 is 0 Å². The van der Waals surface area contributed by atoms with Crippen molar-refractivity contribution < 1.29 is 13.9 Å². The highest BCUT2D eigenvalue weighted by atomic mass is 79.9. The van der Waals surface area contributed by atoms with Crippen molar-refractivity contribution in [3.8, 4) is 11.5 Å². The summed E-state index contributed by atoms with van der Waals surface area (Å²) in [4.78, 5) is 0. The number of methoxy groups -OCH3 is 1. The van der Waals surface area contributed by atoms with Gasteiger partial charge in [0.15, 0.2) is 0 Å². The van der Waals surface area contributed by atoms with Crippen molar-refractivity contribution in [2.45, 2.75) is 13.2 Å². The van der Waals surface area contributed by atoms with Gasteiger partial charge in [-0.2, -0.15) is 0 Å². The van der Waals surface area contributed by atoms with E-state index in [0.29, 0.717) is 23.4 Å². The van der Waals surface area contributed by atoms with Crippen LogP contribution in [0.15, 0.2) is 40.9 Å². The van der Waals surface area contributed by atoms with Crippen LogP contribution < -0.4 is 15.2 Å². The molecule has 0 bridgehead atoms. The molecule has 3 nitrogen and oxygen atoms in total. The van der Waals surface area contributed by atoms with Crippen LogP contribution in [0.2, 0.25) is 0 Å². The minimum Gasteiger partial charge on any atom is -0.496 e. The SMILES string of the molecule is COc1ccc(COc2ccc(Br)c(F)c2)cc1CN. The first-order valence-corrected chi connectivity index (χ1v) is 6.87. The van der Waals surface area contributed by atoms with E-state index in [9.17, 15) is 4.39 Å². The van der Waals surface area contributed by atoms with E-state index in [4.69, 9.17) is 15.2 Å². The molecular formula is C15H15BrFNO2. The quantitative estimate of drug-likeness (QED) is 0.904. The third-order valence-electron chi connectivity index (χ3n) is 2.86. The summed E-state index contributed by atoms with van der Waals surface area (Å²) in [7, 11) is 1.61. The zero-order valence-corrected chi connectivity index (χ0v) is 12.6. The lowest BCUT2D eigenvalue weighted by molar-refractivity contribution is 0.304. The van der Waals surface area contributed by atoms with Crippen LogP contribution in [0, 0.1) is 5.82 Å². The molecule has 2 aromatic rings. The Morgan fingerprint density at radius 3 is 2.65 bits per heavy atom. The normalized spacial score (nSPS) is 10.4. The second-order valence-corrected chi connectivity index (χ2v) is 5.07. The highest BCUT2D eigenvalue weighted by Crippen LogP contribution is 2.23. The van der Waals surface area contributed by atoms with E-state index in [-0.39, 0.29) is 5.82 Å². The van der Waals surface area contributed by atoms with Gasteiger partial charge in [0.05, 0.1) is 11.6 Å². The van der Waals surface area contributed by atoms with Gasteiger partial charge in [0, 0.05) is 18.2 Å². The fourth-order valence-electron chi connectivity index (χ4n) is 1.81. The molecule has 0 atom stereocenters. The average Bonchev–Trinajstić information content (AvgIpc) is 2.48. The summed E-state index contributed by atoms with van der Waals surface area (Å²) in [5, 5.41) is 0. The molecule has 0 aromatic heterocycles. The number of nitrogens with two attached hydrogens (primary N) is 1. The molecule has 0 aliphatic heterocycles. The standard InChI is InChI=1S/C15H15BrFNO2/c1-19-15-5-2-10(6-11(15)8-18)9-20-12-3-4-13(16)14(17)7-12/h2-7H,8-9,18H2,1H3. The van der Waals surface area contributed by atoms with Crippen molar-refractivity contribution in [1.29, 1.82) is 0 Å². The molecule has 0 fully saturated rings. The van der Waals surface area contributed by atoms with E-state index in [0.717, 1.165) is 16.9 Å². The monoisotopic (exact) mass is 339 g/mol. The number of hydrogen-bond acceptors (Lipinski definition) is 3. The fraction of sp³-hybridized carbons (Fsp3) is 0.200. The van der Waals surface area contributed by atoms with Crippen molar-refractivity contribution in [3.63, 3.8) is 0 Å². The van der Waals surface area contributed by atoms with Crippen molar-refractivity contribution in [1.82, 2.24) is 0 Å². The molecular weight excluding hydrogens is 325 g/mol. The Bertz CT molecular complexity index is 604. The molecule has 106 valence electrons. The van der Waals surface area contributed by atoms with Crippen LogP contribution in [0.4, 0.5) is 4.39 Å². The van der Waals surface area contributed by atoms with Crippen molar-refractivity contribution >= 4 is 15.9 Å². The van der Waals surface area contributed by atoms with Gasteiger partial charge in [0.1, 0.15) is 23.9 Å². The smallest absolute Gasteiger partial charge is 0.141 e. The first kappa shape index (κ1) is 14.8. The lowest BCUT2D eigenvalue weighted by Gasteiger charge is -2.10. The van der Waals surface area contributed by atoms with Gasteiger partial charge in [-0.15, -0.1) is 0 Å². The largest absolute Gasteiger partial charge is 0.496 e. The Kier molecular flexibility index (Phi) is 4.98. The molecule has 0 aliphatic carbocycles. The Morgan fingerprint density at radius 1 is 1.20 bits per heavy atom. The Balaban J connectivity index is 2.08. The predicted octanol–water partition coefficient (Wildman–Crippen LogP) is 3.63. The molecule has 0 heterocycles. The first-order valence-electron chi connectivity index (χ1n) is 6.07. The van der Waals surface area contributed by atoms with Gasteiger partial charge in [0.2, 0.25) is 0 Å². The van der Waals surface area contributed by atoms with Crippen LogP contribution in [0.1, 0.15) is 11.1 Å². The molecule has 0 unspecified atom stereocenters. The van der Waals surface area contributed by atoms with E-state index < -0.39 is 0 Å². The van der Waals surface area contributed by atoms with Crippen molar-refractivity contribution in [2.75, 3.05) is 7.11 Å². The maximum absolute atomic E-state index is 13.4. The molecule has 0 saturated heterocycles. The molecule has 2 N–H and O–H groups in total. The van der Waals surface area contributed by atoms with Gasteiger partial charge in [-0.25, -0.2) is 4.39 Å². The maximum Gasteiger partial charge on any atom is 0.141 e. The summed E-state index contributed by atoms with van der Waals surface area (Å²) in [6.45, 7) is 0.738. The number of benzene rings is 2. The third-order valence-corrected chi connectivity index (χ3v) is 3.50. The van der Waals surface area contributed by atoms with Crippen molar-refractivity contribution in [2.24, 2.45) is 5.73 Å². The average molecular weight is 340 g/mol. The highest BCUT2D eigenvalue weighted by molar-refractivity contribution is 9.10. The second-order valence-electron chi connectivity index (χ2n) is 4.21. The molecule has 0 aliphatic rings. The van der Waals surface area contributed by atoms with Crippen LogP contribution in [-0.2, 0) is 13.2 Å². The first-order chi connectivity index (χ1) is 9.63. The Labute approximate surface area is 125 Å². The summed E-state index contributed by atoms with van der Waals surface area (Å²) >= 11 is 3.10. The molecule has 0 radical (unpaired) electrons. The summed E-state index contributed by atoms with van der Waals surface area (Å²) < 4.78 is 24.5. The lowest BCUT2D eigenvalue weighted by atomic mass is 10.1. The van der Waals surface area contributed by atoms with E-state index >= 15 is 0 Å². The van der Waals surface area contributed by atoms with Gasteiger partial charge in [0.25, 0.3) is 0 Å². The maximum atomic E-state index is 13.4. The van der Waals surface area contributed by atoms with Crippen LogP contribution in [0.3, 0.4) is 0 Å². The molecule has 0 amide bonds. The van der Waals surface area contributed by atoms with Crippen LogP contribution in [0.5, 0.6) is 11.5 Å². The van der Waals surface area contributed by atoms with Gasteiger partial charge in [-0.3, -0.25) is 0 Å². The predicted molar refractivity (Wildman–Crippen MR) is 79.3 cm³/mol. The molecule has 20 heavy (non-hydrogen) atoms. The molecule has 0 spiro atoms. The molecule has 2 aromatic carbocycles. The van der Waals surface area contributed by atoms with E-state index in [1.165, 1.54) is 6.07 Å². The second kappa shape index (κ2) is 6.72. The minimum absolute atomic E-state index is 0.345. The summed E-state index contributed by atoms with van der Waals surface area (Å²) in [5.41, 5.74) is 7.53. The van der Waals surface area contributed by atoms with Crippen LogP contribution in [0.25, 0.3) is 0 Å². The highest BCUT2D eigenvalue weighted by Gasteiger charge is 2.05. The summed E-state index contributed by atoms with van der Waals surface area (Å²) in [5.74, 6) is 0.890. The van der Waals surface area contributed by atoms with Crippen molar-refractivity contribution in [3.05, 3.63) is 57.8 Å². The number of hydrogen-bond donors (Lipinski definition) is 1. The lowest BCUT2D eigenvalue weighted by Crippen LogP contribution is -2.02.